The number of aryl methyl sites for hydroxylation is 1. The van der Waals surface area contributed by atoms with E-state index in [-0.39, 0.29) is 18.0 Å². The number of fused-ring (bicyclic) bond motifs is 1. The van der Waals surface area contributed by atoms with Crippen LogP contribution in [0.5, 0.6) is 0 Å². The Balaban J connectivity index is 1.83. The van der Waals surface area contributed by atoms with Gasteiger partial charge in [0.15, 0.2) is 0 Å². The molecule has 20 heavy (non-hydrogen) atoms. The lowest BCUT2D eigenvalue weighted by molar-refractivity contribution is -0.145. The van der Waals surface area contributed by atoms with Gasteiger partial charge in [-0.05, 0) is 46.0 Å². The average Bonchev–Trinajstić information content (AvgIpc) is 3.03. The summed E-state index contributed by atoms with van der Waals surface area (Å²) in [7, 11) is 0. The number of rotatable bonds is 3. The molecule has 0 radical (unpaired) electrons. The van der Waals surface area contributed by atoms with Gasteiger partial charge in [0.1, 0.15) is 17.0 Å². The molecule has 3 rings (SSSR count). The fourth-order valence-electron chi connectivity index (χ4n) is 3.03. The van der Waals surface area contributed by atoms with Crippen LogP contribution in [0.1, 0.15) is 67.1 Å². The molecule has 4 nitrogen and oxygen atoms in total. The monoisotopic (exact) mass is 295 g/mol. The van der Waals surface area contributed by atoms with Gasteiger partial charge < -0.3 is 9.47 Å². The van der Waals surface area contributed by atoms with E-state index in [1.807, 2.05) is 6.92 Å². The minimum atomic E-state index is -0.164. The van der Waals surface area contributed by atoms with Crippen molar-refractivity contribution in [3.8, 4) is 0 Å². The molecule has 5 heteroatoms. The van der Waals surface area contributed by atoms with Gasteiger partial charge in [0.05, 0.1) is 18.4 Å². The molecule has 1 aliphatic heterocycles. The number of carbonyl (C=O) groups excluding carboxylic acids is 1. The molecular formula is C15H21NO3S. The van der Waals surface area contributed by atoms with Crippen LogP contribution in [-0.4, -0.2) is 23.7 Å². The van der Waals surface area contributed by atoms with Gasteiger partial charge >= 0.3 is 5.97 Å². The highest BCUT2D eigenvalue weighted by Gasteiger charge is 2.34. The summed E-state index contributed by atoms with van der Waals surface area (Å²) in [6.07, 6.45) is 5.51. The third kappa shape index (κ3) is 2.61. The maximum absolute atomic E-state index is 12.1. The minimum Gasteiger partial charge on any atom is -0.465 e. The molecule has 3 unspecified atom stereocenters. The van der Waals surface area contributed by atoms with Gasteiger partial charge in [0.2, 0.25) is 0 Å². The highest BCUT2D eigenvalue weighted by molar-refractivity contribution is 7.11. The van der Waals surface area contributed by atoms with Crippen LogP contribution in [-0.2, 0) is 20.7 Å². The predicted molar refractivity (Wildman–Crippen MR) is 76.9 cm³/mol. The van der Waals surface area contributed by atoms with Crippen molar-refractivity contribution in [2.24, 2.45) is 0 Å². The lowest BCUT2D eigenvalue weighted by atomic mass is 9.91. The first kappa shape index (κ1) is 14.0. The highest BCUT2D eigenvalue weighted by atomic mass is 32.1. The van der Waals surface area contributed by atoms with E-state index in [0.29, 0.717) is 12.7 Å². The molecule has 0 N–H and O–H groups in total. The van der Waals surface area contributed by atoms with Crippen molar-refractivity contribution >= 4 is 17.3 Å². The van der Waals surface area contributed by atoms with Crippen LogP contribution < -0.4 is 0 Å². The molecule has 0 bridgehead atoms. The maximum Gasteiger partial charge on any atom is 0.315 e. The van der Waals surface area contributed by atoms with Crippen LogP contribution in [0.3, 0.4) is 0 Å². The van der Waals surface area contributed by atoms with E-state index in [1.54, 1.807) is 11.3 Å². The molecule has 3 atom stereocenters. The second-order valence-electron chi connectivity index (χ2n) is 5.57. The molecule has 2 heterocycles. The Morgan fingerprint density at radius 1 is 1.45 bits per heavy atom. The summed E-state index contributed by atoms with van der Waals surface area (Å²) in [5.74, 6) is -0.284. The lowest BCUT2D eigenvalue weighted by Gasteiger charge is -2.19. The van der Waals surface area contributed by atoms with Crippen molar-refractivity contribution in [3.63, 3.8) is 0 Å². The van der Waals surface area contributed by atoms with E-state index in [1.165, 1.54) is 4.88 Å². The Morgan fingerprint density at radius 2 is 2.30 bits per heavy atom. The normalized spacial score (nSPS) is 29.2. The molecular weight excluding hydrogens is 274 g/mol. The number of nitrogens with zero attached hydrogens (tertiary/aromatic N) is 1. The van der Waals surface area contributed by atoms with Crippen LogP contribution in [0.15, 0.2) is 0 Å². The van der Waals surface area contributed by atoms with Gasteiger partial charge in [0.25, 0.3) is 0 Å². The van der Waals surface area contributed by atoms with Gasteiger partial charge in [-0.3, -0.25) is 4.79 Å². The summed E-state index contributed by atoms with van der Waals surface area (Å²) in [5.41, 5.74) is 0.956. The zero-order valence-electron chi connectivity index (χ0n) is 12.1. The van der Waals surface area contributed by atoms with Gasteiger partial charge in [-0.15, -0.1) is 11.3 Å². The fraction of sp³-hybridized carbons (Fsp3) is 0.733. The summed E-state index contributed by atoms with van der Waals surface area (Å²) in [6, 6.07) is 0. The smallest absolute Gasteiger partial charge is 0.315 e. The molecule has 0 aromatic carbocycles. The van der Waals surface area contributed by atoms with Crippen molar-refractivity contribution in [2.75, 3.05) is 6.61 Å². The summed E-state index contributed by atoms with van der Waals surface area (Å²) in [4.78, 5) is 18.1. The van der Waals surface area contributed by atoms with Crippen molar-refractivity contribution in [1.29, 1.82) is 0 Å². The molecule has 1 saturated heterocycles. The molecule has 110 valence electrons. The highest BCUT2D eigenvalue weighted by Crippen LogP contribution is 2.41. The molecule has 1 fully saturated rings. The molecule has 0 saturated carbocycles. The predicted octanol–water partition coefficient (Wildman–Crippen LogP) is 3.37. The Hall–Kier alpha value is -0.940. The largest absolute Gasteiger partial charge is 0.465 e. The second kappa shape index (κ2) is 5.82. The third-order valence-corrected chi connectivity index (χ3v) is 5.27. The molecule has 1 aromatic rings. The quantitative estimate of drug-likeness (QED) is 0.802. The van der Waals surface area contributed by atoms with Crippen LogP contribution in [0.4, 0.5) is 0 Å². The maximum atomic E-state index is 12.1. The average molecular weight is 295 g/mol. The van der Waals surface area contributed by atoms with E-state index >= 15 is 0 Å². The lowest BCUT2D eigenvalue weighted by Crippen LogP contribution is -2.20. The van der Waals surface area contributed by atoms with Crippen molar-refractivity contribution in [3.05, 3.63) is 15.6 Å². The van der Waals surface area contributed by atoms with Gasteiger partial charge in [-0.2, -0.15) is 0 Å². The van der Waals surface area contributed by atoms with Crippen molar-refractivity contribution in [2.45, 2.75) is 64.1 Å². The fourth-order valence-corrected chi connectivity index (χ4v) is 4.27. The van der Waals surface area contributed by atoms with Crippen LogP contribution in [0.25, 0.3) is 0 Å². The first-order valence-corrected chi connectivity index (χ1v) is 8.32. The Morgan fingerprint density at radius 3 is 3.00 bits per heavy atom. The molecule has 2 aliphatic rings. The van der Waals surface area contributed by atoms with E-state index in [2.05, 4.69) is 6.92 Å². The zero-order valence-corrected chi connectivity index (χ0v) is 12.9. The van der Waals surface area contributed by atoms with Crippen molar-refractivity contribution in [1.82, 2.24) is 4.98 Å². The zero-order chi connectivity index (χ0) is 14.1. The molecule has 1 aromatic heterocycles. The van der Waals surface area contributed by atoms with Gasteiger partial charge in [0, 0.05) is 4.88 Å². The Bertz CT molecular complexity index is 499. The number of esters is 1. The van der Waals surface area contributed by atoms with Crippen LogP contribution in [0.2, 0.25) is 0 Å². The summed E-state index contributed by atoms with van der Waals surface area (Å²) in [6.45, 7) is 4.39. The number of ether oxygens (including phenoxy) is 2. The first-order valence-electron chi connectivity index (χ1n) is 7.50. The number of hydrogen-bond acceptors (Lipinski definition) is 5. The SMILES string of the molecule is CCOC(=O)C1CCCc2sc(C3CCC(C)O3)nc21. The molecule has 1 aliphatic carbocycles. The standard InChI is InChI=1S/C15H21NO3S/c1-3-18-15(17)10-5-4-6-12-13(10)16-14(20-12)11-8-7-9(2)19-11/h9-11H,3-8H2,1-2H3. The second-order valence-corrected chi connectivity index (χ2v) is 6.69. The van der Waals surface area contributed by atoms with Crippen LogP contribution in [0, 0.1) is 0 Å². The number of hydrogen-bond donors (Lipinski definition) is 0. The molecule has 0 amide bonds. The van der Waals surface area contributed by atoms with Gasteiger partial charge in [-0.1, -0.05) is 0 Å². The minimum absolute atomic E-state index is 0.119. The van der Waals surface area contributed by atoms with E-state index < -0.39 is 0 Å². The first-order chi connectivity index (χ1) is 9.69. The topological polar surface area (TPSA) is 48.4 Å². The summed E-state index contributed by atoms with van der Waals surface area (Å²) < 4.78 is 11.1. The Labute approximate surface area is 123 Å². The van der Waals surface area contributed by atoms with E-state index in [0.717, 1.165) is 42.8 Å². The van der Waals surface area contributed by atoms with Gasteiger partial charge in [-0.25, -0.2) is 4.98 Å². The molecule has 0 spiro atoms. The number of thiazole rings is 1. The van der Waals surface area contributed by atoms with Crippen molar-refractivity contribution < 1.29 is 14.3 Å². The summed E-state index contributed by atoms with van der Waals surface area (Å²) in [5, 5.41) is 1.05. The number of aromatic nitrogens is 1. The van der Waals surface area contributed by atoms with E-state index in [4.69, 9.17) is 14.5 Å². The van der Waals surface area contributed by atoms with E-state index in [9.17, 15) is 4.79 Å². The number of carbonyl (C=O) groups is 1. The third-order valence-electron chi connectivity index (χ3n) is 4.05. The Kier molecular flexibility index (Phi) is 4.08. The van der Waals surface area contributed by atoms with Crippen LogP contribution >= 0.6 is 11.3 Å². The summed E-state index contributed by atoms with van der Waals surface area (Å²) >= 11 is 1.73.